The van der Waals surface area contributed by atoms with Crippen LogP contribution >= 0.6 is 0 Å². The van der Waals surface area contributed by atoms with E-state index in [-0.39, 0.29) is 11.9 Å². The lowest BCUT2D eigenvalue weighted by Crippen LogP contribution is -2.40. The molecule has 3 amide bonds. The monoisotopic (exact) mass is 413 g/mol. The Balaban J connectivity index is 1.51. The van der Waals surface area contributed by atoms with Crippen molar-refractivity contribution in [1.29, 1.82) is 0 Å². The standard InChI is InChI=1S/C21H27N5O4/c1-24-16-8-11-26(13-15(16)19(23-24)20(27)25-9-4-5-10-25)21(28)22-14-6-7-17(29-2)18(12-14)30-3/h6-7,12H,4-5,8-11,13H2,1-3H3,(H,22,28). The number of urea groups is 1. The Morgan fingerprint density at radius 2 is 1.77 bits per heavy atom. The number of anilines is 1. The van der Waals surface area contributed by atoms with Gasteiger partial charge in [0.1, 0.15) is 0 Å². The summed E-state index contributed by atoms with van der Waals surface area (Å²) in [6, 6.07) is 5.01. The summed E-state index contributed by atoms with van der Waals surface area (Å²) in [5.41, 5.74) is 2.96. The minimum absolute atomic E-state index is 0.0356. The van der Waals surface area contributed by atoms with Crippen LogP contribution in [0.4, 0.5) is 10.5 Å². The number of carbonyl (C=O) groups is 2. The van der Waals surface area contributed by atoms with Crippen LogP contribution in [-0.2, 0) is 20.0 Å². The van der Waals surface area contributed by atoms with E-state index in [9.17, 15) is 9.59 Å². The number of aryl methyl sites for hydroxylation is 1. The lowest BCUT2D eigenvalue weighted by Gasteiger charge is -2.28. The summed E-state index contributed by atoms with van der Waals surface area (Å²) in [6.45, 7) is 2.46. The fraction of sp³-hybridized carbons (Fsp3) is 0.476. The number of likely N-dealkylation sites (tertiary alicyclic amines) is 1. The second-order valence-electron chi connectivity index (χ2n) is 7.57. The van der Waals surface area contributed by atoms with Gasteiger partial charge in [-0.1, -0.05) is 0 Å². The second kappa shape index (κ2) is 8.25. The molecule has 0 unspecified atom stereocenters. The maximum Gasteiger partial charge on any atom is 0.322 e. The Morgan fingerprint density at radius 3 is 2.47 bits per heavy atom. The maximum atomic E-state index is 12.9. The molecule has 4 rings (SSSR count). The van der Waals surface area contributed by atoms with Crippen molar-refractivity contribution in [1.82, 2.24) is 19.6 Å². The number of hydrogen-bond donors (Lipinski definition) is 1. The van der Waals surface area contributed by atoms with E-state index in [4.69, 9.17) is 9.47 Å². The van der Waals surface area contributed by atoms with Gasteiger partial charge >= 0.3 is 6.03 Å². The Labute approximate surface area is 175 Å². The summed E-state index contributed by atoms with van der Waals surface area (Å²) in [4.78, 5) is 29.4. The SMILES string of the molecule is COc1ccc(NC(=O)N2CCc3c(c(C(=O)N4CCCC4)nn3C)C2)cc1OC. The number of carbonyl (C=O) groups excluding carboxylic acids is 2. The maximum absolute atomic E-state index is 12.9. The highest BCUT2D eigenvalue weighted by molar-refractivity contribution is 5.95. The number of methoxy groups -OCH3 is 2. The third-order valence-electron chi connectivity index (χ3n) is 5.76. The number of amides is 3. The highest BCUT2D eigenvalue weighted by Crippen LogP contribution is 2.30. The first-order valence-electron chi connectivity index (χ1n) is 10.1. The molecule has 0 spiro atoms. The Bertz CT molecular complexity index is 965. The van der Waals surface area contributed by atoms with Gasteiger partial charge in [0.05, 0.1) is 20.8 Å². The molecule has 1 saturated heterocycles. The summed E-state index contributed by atoms with van der Waals surface area (Å²) < 4.78 is 12.3. The quantitative estimate of drug-likeness (QED) is 0.831. The Morgan fingerprint density at radius 1 is 1.03 bits per heavy atom. The van der Waals surface area contributed by atoms with Gasteiger partial charge in [-0.15, -0.1) is 0 Å². The molecule has 1 aromatic carbocycles. The van der Waals surface area contributed by atoms with Gasteiger partial charge in [-0.25, -0.2) is 4.79 Å². The molecule has 0 bridgehead atoms. The zero-order chi connectivity index (χ0) is 21.3. The van der Waals surface area contributed by atoms with Gasteiger partial charge < -0.3 is 24.6 Å². The lowest BCUT2D eigenvalue weighted by molar-refractivity contribution is 0.0784. The largest absolute Gasteiger partial charge is 0.493 e. The second-order valence-corrected chi connectivity index (χ2v) is 7.57. The van der Waals surface area contributed by atoms with E-state index in [1.807, 2.05) is 11.9 Å². The summed E-state index contributed by atoms with van der Waals surface area (Å²) >= 11 is 0. The molecule has 160 valence electrons. The van der Waals surface area contributed by atoms with E-state index in [0.29, 0.717) is 42.4 Å². The number of rotatable bonds is 4. The third kappa shape index (κ3) is 3.67. The predicted molar refractivity (Wildman–Crippen MR) is 111 cm³/mol. The van der Waals surface area contributed by atoms with Crippen LogP contribution in [0.2, 0.25) is 0 Å². The highest BCUT2D eigenvalue weighted by Gasteiger charge is 2.32. The molecule has 9 heteroatoms. The minimum atomic E-state index is -0.226. The van der Waals surface area contributed by atoms with E-state index >= 15 is 0 Å². The molecule has 2 aromatic rings. The van der Waals surface area contributed by atoms with Crippen molar-refractivity contribution in [2.45, 2.75) is 25.8 Å². The lowest BCUT2D eigenvalue weighted by atomic mass is 10.0. The van der Waals surface area contributed by atoms with Gasteiger partial charge in [0.25, 0.3) is 5.91 Å². The van der Waals surface area contributed by atoms with Crippen molar-refractivity contribution < 1.29 is 19.1 Å². The smallest absolute Gasteiger partial charge is 0.322 e. The van der Waals surface area contributed by atoms with Crippen LogP contribution < -0.4 is 14.8 Å². The predicted octanol–water partition coefficient (Wildman–Crippen LogP) is 2.26. The van der Waals surface area contributed by atoms with E-state index < -0.39 is 0 Å². The van der Waals surface area contributed by atoms with Gasteiger partial charge in [-0.2, -0.15) is 5.10 Å². The molecule has 2 aliphatic rings. The van der Waals surface area contributed by atoms with Gasteiger partial charge in [0, 0.05) is 56.1 Å². The fourth-order valence-corrected chi connectivity index (χ4v) is 4.12. The number of benzene rings is 1. The summed E-state index contributed by atoms with van der Waals surface area (Å²) in [6.07, 6.45) is 2.71. The molecular formula is C21H27N5O4. The molecule has 3 heterocycles. The molecule has 0 saturated carbocycles. The van der Waals surface area contributed by atoms with Crippen molar-refractivity contribution in [3.8, 4) is 11.5 Å². The molecule has 0 radical (unpaired) electrons. The molecular weight excluding hydrogens is 386 g/mol. The van der Waals surface area contributed by atoms with Crippen molar-refractivity contribution >= 4 is 17.6 Å². The van der Waals surface area contributed by atoms with Crippen LogP contribution in [0.3, 0.4) is 0 Å². The van der Waals surface area contributed by atoms with Gasteiger partial charge in [0.15, 0.2) is 17.2 Å². The minimum Gasteiger partial charge on any atom is -0.493 e. The number of nitrogens with one attached hydrogen (secondary N) is 1. The Hall–Kier alpha value is -3.23. The molecule has 30 heavy (non-hydrogen) atoms. The molecule has 1 aromatic heterocycles. The Kier molecular flexibility index (Phi) is 5.52. The van der Waals surface area contributed by atoms with Crippen LogP contribution in [0.15, 0.2) is 18.2 Å². The van der Waals surface area contributed by atoms with Crippen molar-refractivity contribution in [2.24, 2.45) is 7.05 Å². The number of hydrogen-bond acceptors (Lipinski definition) is 5. The number of fused-ring (bicyclic) bond motifs is 1. The van der Waals surface area contributed by atoms with E-state index in [0.717, 1.165) is 37.2 Å². The van der Waals surface area contributed by atoms with Crippen LogP contribution in [0, 0.1) is 0 Å². The fourth-order valence-electron chi connectivity index (χ4n) is 4.12. The first-order chi connectivity index (χ1) is 14.5. The summed E-state index contributed by atoms with van der Waals surface area (Å²) in [5.74, 6) is 1.10. The third-order valence-corrected chi connectivity index (χ3v) is 5.76. The zero-order valence-corrected chi connectivity index (χ0v) is 17.6. The van der Waals surface area contributed by atoms with Gasteiger partial charge in [0.2, 0.25) is 0 Å². The van der Waals surface area contributed by atoms with Gasteiger partial charge in [-0.05, 0) is 25.0 Å². The molecule has 1 fully saturated rings. The first-order valence-corrected chi connectivity index (χ1v) is 10.1. The molecule has 9 nitrogen and oxygen atoms in total. The van der Waals surface area contributed by atoms with Crippen molar-refractivity contribution in [2.75, 3.05) is 39.2 Å². The molecule has 0 atom stereocenters. The summed E-state index contributed by atoms with van der Waals surface area (Å²) in [5, 5.41) is 7.40. The highest BCUT2D eigenvalue weighted by atomic mass is 16.5. The van der Waals surface area contributed by atoms with Crippen molar-refractivity contribution in [3.63, 3.8) is 0 Å². The van der Waals surface area contributed by atoms with E-state index in [2.05, 4.69) is 10.4 Å². The van der Waals surface area contributed by atoms with Gasteiger partial charge in [-0.3, -0.25) is 9.48 Å². The normalized spacial score (nSPS) is 15.7. The zero-order valence-electron chi connectivity index (χ0n) is 17.6. The molecule has 1 N–H and O–H groups in total. The summed E-state index contributed by atoms with van der Waals surface area (Å²) in [7, 11) is 4.98. The number of ether oxygens (including phenoxy) is 2. The average molecular weight is 413 g/mol. The van der Waals surface area contributed by atoms with E-state index in [1.54, 1.807) is 42.0 Å². The van der Waals surface area contributed by atoms with Crippen LogP contribution in [0.25, 0.3) is 0 Å². The van der Waals surface area contributed by atoms with Crippen LogP contribution in [0.1, 0.15) is 34.6 Å². The topological polar surface area (TPSA) is 88.9 Å². The van der Waals surface area contributed by atoms with Crippen LogP contribution in [-0.4, -0.2) is 65.4 Å². The van der Waals surface area contributed by atoms with Crippen LogP contribution in [0.5, 0.6) is 11.5 Å². The number of aromatic nitrogens is 2. The average Bonchev–Trinajstić information content (AvgIpc) is 3.41. The molecule has 2 aliphatic heterocycles. The molecule has 0 aliphatic carbocycles. The van der Waals surface area contributed by atoms with Crippen molar-refractivity contribution in [3.05, 3.63) is 35.2 Å². The van der Waals surface area contributed by atoms with E-state index in [1.165, 1.54) is 0 Å². The first kappa shape index (κ1) is 20.1. The number of nitrogens with zero attached hydrogens (tertiary/aromatic N) is 4.